The number of halogens is 1. The minimum Gasteiger partial charge on any atom is -0.369 e. The molecule has 2 heterocycles. The fraction of sp³-hybridized carbons (Fsp3) is 0.552. The summed E-state index contributed by atoms with van der Waals surface area (Å²) in [5.74, 6) is 0.216. The Labute approximate surface area is 210 Å². The Morgan fingerprint density at radius 3 is 2.31 bits per heavy atom. The molecule has 0 aromatic heterocycles. The van der Waals surface area contributed by atoms with E-state index >= 15 is 0 Å². The third-order valence-corrected chi connectivity index (χ3v) is 7.63. The van der Waals surface area contributed by atoms with Crippen molar-refractivity contribution in [3.63, 3.8) is 0 Å². The highest BCUT2D eigenvalue weighted by Crippen LogP contribution is 2.36. The van der Waals surface area contributed by atoms with Crippen LogP contribution in [0.3, 0.4) is 0 Å². The van der Waals surface area contributed by atoms with Gasteiger partial charge in [-0.3, -0.25) is 9.69 Å². The zero-order valence-corrected chi connectivity index (χ0v) is 22.1. The molecule has 2 aliphatic heterocycles. The molecule has 0 N–H and O–H groups in total. The van der Waals surface area contributed by atoms with Crippen molar-refractivity contribution >= 4 is 17.3 Å². The highest BCUT2D eigenvalue weighted by Gasteiger charge is 2.34. The van der Waals surface area contributed by atoms with E-state index in [0.29, 0.717) is 13.0 Å². The van der Waals surface area contributed by atoms with Gasteiger partial charge in [0.1, 0.15) is 5.82 Å². The number of rotatable bonds is 7. The molecule has 2 atom stereocenters. The van der Waals surface area contributed by atoms with E-state index in [1.807, 2.05) is 24.0 Å². The zero-order valence-electron chi connectivity index (χ0n) is 22.1. The third kappa shape index (κ3) is 6.04. The summed E-state index contributed by atoms with van der Waals surface area (Å²) < 4.78 is 14.3. The van der Waals surface area contributed by atoms with Crippen LogP contribution in [-0.2, 0) is 11.2 Å². The lowest BCUT2D eigenvalue weighted by Crippen LogP contribution is -2.48. The summed E-state index contributed by atoms with van der Waals surface area (Å²) in [6, 6.07) is 11.5. The topological polar surface area (TPSA) is 30.0 Å². The van der Waals surface area contributed by atoms with Gasteiger partial charge in [0.15, 0.2) is 0 Å². The lowest BCUT2D eigenvalue weighted by atomic mass is 9.84. The average molecular weight is 481 g/mol. The van der Waals surface area contributed by atoms with Crippen molar-refractivity contribution in [1.82, 2.24) is 9.80 Å². The Kier molecular flexibility index (Phi) is 8.12. The van der Waals surface area contributed by atoms with E-state index in [-0.39, 0.29) is 23.6 Å². The van der Waals surface area contributed by atoms with Gasteiger partial charge in [-0.05, 0) is 81.6 Å². The van der Waals surface area contributed by atoms with Crippen LogP contribution in [0.2, 0.25) is 0 Å². The number of amides is 1. The molecule has 1 amide bonds. The van der Waals surface area contributed by atoms with Gasteiger partial charge >= 0.3 is 0 Å². The molecule has 2 aromatic rings. The lowest BCUT2D eigenvalue weighted by molar-refractivity contribution is -0.124. The molecule has 2 fully saturated rings. The van der Waals surface area contributed by atoms with Crippen LogP contribution in [0.5, 0.6) is 0 Å². The predicted molar refractivity (Wildman–Crippen MR) is 143 cm³/mol. The molecule has 0 bridgehead atoms. The number of likely N-dealkylation sites (N-methyl/N-ethyl adjacent to an activating group) is 1. The van der Waals surface area contributed by atoms with E-state index in [1.54, 1.807) is 6.07 Å². The molecule has 0 saturated carbocycles. The second-order valence-corrected chi connectivity index (χ2v) is 10.8. The molecule has 0 unspecified atom stereocenters. The predicted octanol–water partition coefficient (Wildman–Crippen LogP) is 4.36. The molecule has 2 aromatic carbocycles. The number of nitrogens with zero attached hydrogens (tertiary/aromatic N) is 4. The van der Waals surface area contributed by atoms with Crippen molar-refractivity contribution in [3.8, 4) is 0 Å². The fourth-order valence-corrected chi connectivity index (χ4v) is 5.73. The number of anilines is 2. The van der Waals surface area contributed by atoms with E-state index in [9.17, 15) is 9.18 Å². The molecule has 2 saturated heterocycles. The summed E-state index contributed by atoms with van der Waals surface area (Å²) >= 11 is 0. The van der Waals surface area contributed by atoms with Gasteiger partial charge in [-0.15, -0.1) is 0 Å². The van der Waals surface area contributed by atoms with E-state index < -0.39 is 0 Å². The van der Waals surface area contributed by atoms with E-state index in [1.165, 1.54) is 11.8 Å². The summed E-state index contributed by atoms with van der Waals surface area (Å²) in [6.07, 6.45) is 1.47. The summed E-state index contributed by atoms with van der Waals surface area (Å²) in [6.45, 7) is 13.3. The Bertz CT molecular complexity index is 1010. The minimum absolute atomic E-state index is 0.0609. The van der Waals surface area contributed by atoms with E-state index in [4.69, 9.17) is 0 Å². The smallest absolute Gasteiger partial charge is 0.229 e. The molecule has 0 spiro atoms. The first kappa shape index (κ1) is 25.6. The normalized spacial score (nSPS) is 21.7. The minimum atomic E-state index is -0.151. The van der Waals surface area contributed by atoms with Crippen LogP contribution in [-0.4, -0.2) is 75.6 Å². The quantitative estimate of drug-likeness (QED) is 0.589. The van der Waals surface area contributed by atoms with Gasteiger partial charge in [0, 0.05) is 63.1 Å². The second kappa shape index (κ2) is 11.1. The van der Waals surface area contributed by atoms with Crippen molar-refractivity contribution in [1.29, 1.82) is 0 Å². The molecule has 0 aliphatic carbocycles. The number of aryl methyl sites for hydroxylation is 2. The summed E-state index contributed by atoms with van der Waals surface area (Å²) in [4.78, 5) is 22.5. The first-order valence-electron chi connectivity index (χ1n) is 13.0. The monoisotopic (exact) mass is 480 g/mol. The maximum Gasteiger partial charge on any atom is 0.229 e. The third-order valence-electron chi connectivity index (χ3n) is 7.63. The molecule has 6 heteroatoms. The number of piperazine rings is 1. The van der Waals surface area contributed by atoms with Gasteiger partial charge < -0.3 is 14.7 Å². The highest BCUT2D eigenvalue weighted by molar-refractivity contribution is 5.97. The van der Waals surface area contributed by atoms with Gasteiger partial charge in [0.2, 0.25) is 5.91 Å². The second-order valence-electron chi connectivity index (χ2n) is 10.8. The molecular formula is C29H41FN4O. The van der Waals surface area contributed by atoms with Crippen LogP contribution >= 0.6 is 0 Å². The van der Waals surface area contributed by atoms with Crippen LogP contribution in [0, 0.1) is 31.5 Å². The average Bonchev–Trinajstić information content (AvgIpc) is 2.82. The summed E-state index contributed by atoms with van der Waals surface area (Å²) in [5.41, 5.74) is 5.31. The Morgan fingerprint density at radius 2 is 1.69 bits per heavy atom. The Balaban J connectivity index is 1.48. The maximum absolute atomic E-state index is 14.3. The van der Waals surface area contributed by atoms with E-state index in [0.717, 1.165) is 68.1 Å². The standard InChI is InChI=1S/C29H41FN4O/c1-21-17-26(33-14-12-32(13-15-33)11-10-31(4)5)18-22(2)28(21)34-20-24(16-23(3)29(34)35)19-25-8-6-7-9-27(25)30/h6-9,17-18,23-24H,10-16,19-20H2,1-5H3/t23-,24-/m1/s1. The first-order chi connectivity index (χ1) is 16.7. The molecule has 4 rings (SSSR count). The van der Waals surface area contributed by atoms with Gasteiger partial charge in [0.05, 0.1) is 0 Å². The number of benzene rings is 2. The van der Waals surface area contributed by atoms with Gasteiger partial charge in [-0.1, -0.05) is 25.1 Å². The number of carbonyl (C=O) groups excluding carboxylic acids is 1. The maximum atomic E-state index is 14.3. The Morgan fingerprint density at radius 1 is 1.03 bits per heavy atom. The van der Waals surface area contributed by atoms with Crippen LogP contribution in [0.25, 0.3) is 0 Å². The molecule has 35 heavy (non-hydrogen) atoms. The fourth-order valence-electron chi connectivity index (χ4n) is 5.73. The molecule has 0 radical (unpaired) electrons. The lowest BCUT2D eigenvalue weighted by Gasteiger charge is -2.39. The number of hydrogen-bond donors (Lipinski definition) is 0. The molecule has 190 valence electrons. The van der Waals surface area contributed by atoms with Crippen LogP contribution in [0.4, 0.5) is 15.8 Å². The highest BCUT2D eigenvalue weighted by atomic mass is 19.1. The van der Waals surface area contributed by atoms with Gasteiger partial charge in [0.25, 0.3) is 0 Å². The molecular weight excluding hydrogens is 439 g/mol. The van der Waals surface area contributed by atoms with Gasteiger partial charge in [-0.2, -0.15) is 0 Å². The number of hydrogen-bond acceptors (Lipinski definition) is 4. The van der Waals surface area contributed by atoms with Crippen molar-refractivity contribution in [2.75, 3.05) is 69.7 Å². The first-order valence-corrected chi connectivity index (χ1v) is 13.0. The van der Waals surface area contributed by atoms with Crippen molar-refractivity contribution in [2.45, 2.75) is 33.6 Å². The summed E-state index contributed by atoms with van der Waals surface area (Å²) in [7, 11) is 4.25. The largest absolute Gasteiger partial charge is 0.369 e. The van der Waals surface area contributed by atoms with Crippen LogP contribution < -0.4 is 9.80 Å². The summed E-state index contributed by atoms with van der Waals surface area (Å²) in [5, 5.41) is 0. The molecule has 2 aliphatic rings. The van der Waals surface area contributed by atoms with E-state index in [2.05, 4.69) is 54.8 Å². The van der Waals surface area contributed by atoms with Crippen molar-refractivity contribution < 1.29 is 9.18 Å². The molecule has 5 nitrogen and oxygen atoms in total. The van der Waals surface area contributed by atoms with Crippen LogP contribution in [0.1, 0.15) is 30.0 Å². The van der Waals surface area contributed by atoms with Crippen LogP contribution in [0.15, 0.2) is 36.4 Å². The SMILES string of the molecule is Cc1cc(N2CCN(CCN(C)C)CC2)cc(C)c1N1C[C@@H](Cc2ccccc2F)C[C@@H](C)C1=O. The number of piperidine rings is 1. The van der Waals surface area contributed by atoms with Crippen molar-refractivity contribution in [2.24, 2.45) is 11.8 Å². The van der Waals surface area contributed by atoms with Crippen molar-refractivity contribution in [3.05, 3.63) is 58.9 Å². The number of carbonyl (C=O) groups is 1. The van der Waals surface area contributed by atoms with Gasteiger partial charge in [-0.25, -0.2) is 4.39 Å². The zero-order chi connectivity index (χ0) is 25.1. The Hall–Kier alpha value is -2.44.